The van der Waals surface area contributed by atoms with Crippen molar-refractivity contribution in [3.63, 3.8) is 0 Å². The smallest absolute Gasteiger partial charge is 0.300 e. The van der Waals surface area contributed by atoms with Gasteiger partial charge in [-0.1, -0.05) is 56.6 Å². The van der Waals surface area contributed by atoms with E-state index >= 15 is 0 Å². The number of rotatable bonds is 3. The van der Waals surface area contributed by atoms with Crippen LogP contribution >= 0.6 is 11.6 Å². The molecule has 0 radical (unpaired) electrons. The molecule has 5 nitrogen and oxygen atoms in total. The minimum atomic E-state index is -0.894. The number of ketones is 1. The molecule has 1 aromatic heterocycles. The number of aliphatic hydroxyl groups excluding tert-OH is 1. The zero-order valence-electron chi connectivity index (χ0n) is 17.4. The fourth-order valence-corrected chi connectivity index (χ4v) is 3.92. The lowest BCUT2D eigenvalue weighted by Crippen LogP contribution is -2.29. The number of furan rings is 1. The molecule has 1 aliphatic heterocycles. The molecular formula is C25H22ClNO4. The molecule has 0 aliphatic carbocycles. The van der Waals surface area contributed by atoms with E-state index in [9.17, 15) is 14.7 Å². The quantitative estimate of drug-likeness (QED) is 0.318. The first kappa shape index (κ1) is 20.9. The Hall–Kier alpha value is -3.31. The summed E-state index contributed by atoms with van der Waals surface area (Å²) < 4.78 is 5.57. The number of Topliss-reactive ketones (excluding diaryl/α,β-unsaturated/α-hetero) is 1. The monoisotopic (exact) mass is 435 g/mol. The number of benzene rings is 2. The molecule has 0 bridgehead atoms. The second-order valence-corrected chi connectivity index (χ2v) is 8.93. The third-order valence-electron chi connectivity index (χ3n) is 5.37. The maximum absolute atomic E-state index is 13.1. The van der Waals surface area contributed by atoms with Crippen LogP contribution in [0.15, 0.2) is 76.9 Å². The van der Waals surface area contributed by atoms with Gasteiger partial charge in [0.25, 0.3) is 11.7 Å². The molecule has 1 atom stereocenters. The Morgan fingerprint density at radius 3 is 2.32 bits per heavy atom. The lowest BCUT2D eigenvalue weighted by atomic mass is 9.87. The maximum atomic E-state index is 13.1. The molecule has 158 valence electrons. The van der Waals surface area contributed by atoms with Gasteiger partial charge in [-0.2, -0.15) is 0 Å². The van der Waals surface area contributed by atoms with Crippen LogP contribution in [0.4, 0.5) is 5.69 Å². The van der Waals surface area contributed by atoms with Crippen LogP contribution in [0.5, 0.6) is 0 Å². The molecule has 3 aromatic rings. The van der Waals surface area contributed by atoms with Crippen molar-refractivity contribution >= 4 is 34.7 Å². The van der Waals surface area contributed by atoms with Crippen LogP contribution in [0.3, 0.4) is 0 Å². The van der Waals surface area contributed by atoms with Crippen molar-refractivity contribution < 1.29 is 19.1 Å². The first-order chi connectivity index (χ1) is 14.7. The molecule has 2 heterocycles. The van der Waals surface area contributed by atoms with Gasteiger partial charge in [0, 0.05) is 16.3 Å². The fourth-order valence-electron chi connectivity index (χ4n) is 3.73. The number of anilines is 1. The minimum absolute atomic E-state index is 0.0397. The molecule has 1 amide bonds. The average Bonchev–Trinajstić information content (AvgIpc) is 3.34. The molecule has 1 unspecified atom stereocenters. The summed E-state index contributed by atoms with van der Waals surface area (Å²) in [5.41, 5.74) is 1.90. The Balaban J connectivity index is 1.88. The van der Waals surface area contributed by atoms with E-state index < -0.39 is 17.7 Å². The molecule has 1 N–H and O–H groups in total. The van der Waals surface area contributed by atoms with E-state index in [0.29, 0.717) is 22.0 Å². The topological polar surface area (TPSA) is 70.8 Å². The van der Waals surface area contributed by atoms with Crippen LogP contribution in [-0.4, -0.2) is 16.8 Å². The van der Waals surface area contributed by atoms with Crippen LogP contribution < -0.4 is 4.90 Å². The van der Waals surface area contributed by atoms with E-state index in [2.05, 4.69) is 20.8 Å². The van der Waals surface area contributed by atoms with E-state index in [0.717, 1.165) is 5.56 Å². The zero-order valence-corrected chi connectivity index (χ0v) is 18.2. The highest BCUT2D eigenvalue weighted by atomic mass is 35.5. The van der Waals surface area contributed by atoms with E-state index in [1.807, 2.05) is 12.1 Å². The van der Waals surface area contributed by atoms with Crippen molar-refractivity contribution in [3.05, 3.63) is 94.4 Å². The van der Waals surface area contributed by atoms with Gasteiger partial charge in [-0.15, -0.1) is 0 Å². The van der Waals surface area contributed by atoms with Gasteiger partial charge in [-0.25, -0.2) is 0 Å². The van der Waals surface area contributed by atoms with Crippen molar-refractivity contribution in [1.29, 1.82) is 0 Å². The van der Waals surface area contributed by atoms with Crippen LogP contribution in [0.25, 0.3) is 5.76 Å². The second-order valence-electron chi connectivity index (χ2n) is 8.49. The number of nitrogens with zero attached hydrogens (tertiary/aromatic N) is 1. The summed E-state index contributed by atoms with van der Waals surface area (Å²) in [6.07, 6.45) is 1.47. The van der Waals surface area contributed by atoms with Crippen molar-refractivity contribution in [1.82, 2.24) is 0 Å². The summed E-state index contributed by atoms with van der Waals surface area (Å²) in [7, 11) is 0. The Morgan fingerprint density at radius 1 is 1.03 bits per heavy atom. The Labute approximate surface area is 185 Å². The summed E-state index contributed by atoms with van der Waals surface area (Å²) in [6.45, 7) is 6.30. The average molecular weight is 436 g/mol. The van der Waals surface area contributed by atoms with Gasteiger partial charge in [-0.3, -0.25) is 14.5 Å². The Bertz CT molecular complexity index is 1170. The number of hydrogen-bond donors (Lipinski definition) is 1. The van der Waals surface area contributed by atoms with E-state index in [1.165, 1.54) is 11.2 Å². The highest BCUT2D eigenvalue weighted by Gasteiger charge is 2.48. The molecular weight excluding hydrogens is 414 g/mol. The Kier molecular flexibility index (Phi) is 5.23. The van der Waals surface area contributed by atoms with E-state index in [-0.39, 0.29) is 16.7 Å². The van der Waals surface area contributed by atoms with Gasteiger partial charge in [0.1, 0.15) is 17.6 Å². The molecule has 1 aliphatic rings. The van der Waals surface area contributed by atoms with Gasteiger partial charge in [0.15, 0.2) is 0 Å². The van der Waals surface area contributed by atoms with Gasteiger partial charge < -0.3 is 9.52 Å². The first-order valence-electron chi connectivity index (χ1n) is 9.89. The summed E-state index contributed by atoms with van der Waals surface area (Å²) in [6, 6.07) is 16.5. The highest BCUT2D eigenvalue weighted by Crippen LogP contribution is 2.42. The molecule has 6 heteroatoms. The van der Waals surface area contributed by atoms with Gasteiger partial charge in [0.05, 0.1) is 11.8 Å². The molecule has 31 heavy (non-hydrogen) atoms. The number of amides is 1. The number of carbonyl (C=O) groups is 2. The van der Waals surface area contributed by atoms with Gasteiger partial charge in [-0.05, 0) is 47.4 Å². The third-order valence-corrected chi connectivity index (χ3v) is 5.60. The van der Waals surface area contributed by atoms with Crippen LogP contribution in [-0.2, 0) is 15.0 Å². The minimum Gasteiger partial charge on any atom is -0.507 e. The molecule has 2 aromatic carbocycles. The predicted octanol–water partition coefficient (Wildman–Crippen LogP) is 5.86. The van der Waals surface area contributed by atoms with Crippen molar-refractivity contribution in [3.8, 4) is 0 Å². The standard InChI is InChI=1S/C25H22ClNO4/c1-25(2,3)16-9-11-18(12-10-16)27-21(19-8-5-13-31-19)20(23(29)24(27)30)22(28)15-6-4-7-17(26)14-15/h4-14,21,28H,1-3H3/b22-20-. The molecule has 1 fully saturated rings. The van der Waals surface area contributed by atoms with Crippen LogP contribution in [0, 0.1) is 0 Å². The molecule has 1 saturated heterocycles. The van der Waals surface area contributed by atoms with Crippen molar-refractivity contribution in [2.75, 3.05) is 4.90 Å². The van der Waals surface area contributed by atoms with Gasteiger partial charge in [0.2, 0.25) is 0 Å². The summed E-state index contributed by atoms with van der Waals surface area (Å²) in [4.78, 5) is 27.5. The van der Waals surface area contributed by atoms with Crippen molar-refractivity contribution in [2.45, 2.75) is 32.2 Å². The predicted molar refractivity (Wildman–Crippen MR) is 120 cm³/mol. The van der Waals surface area contributed by atoms with Crippen LogP contribution in [0.1, 0.15) is 43.7 Å². The maximum Gasteiger partial charge on any atom is 0.300 e. The van der Waals surface area contributed by atoms with Gasteiger partial charge >= 0.3 is 0 Å². The fraction of sp³-hybridized carbons (Fsp3) is 0.200. The largest absolute Gasteiger partial charge is 0.507 e. The number of carbonyl (C=O) groups excluding carboxylic acids is 2. The summed E-state index contributed by atoms with van der Waals surface area (Å²) in [5.74, 6) is -1.43. The first-order valence-corrected chi connectivity index (χ1v) is 10.3. The van der Waals surface area contributed by atoms with E-state index in [4.69, 9.17) is 16.0 Å². The zero-order chi connectivity index (χ0) is 22.3. The normalized spacial score (nSPS) is 18.6. The third kappa shape index (κ3) is 3.77. The number of halogens is 1. The number of hydrogen-bond acceptors (Lipinski definition) is 4. The highest BCUT2D eigenvalue weighted by molar-refractivity contribution is 6.51. The van der Waals surface area contributed by atoms with Crippen LogP contribution in [0.2, 0.25) is 5.02 Å². The lowest BCUT2D eigenvalue weighted by molar-refractivity contribution is -0.132. The summed E-state index contributed by atoms with van der Waals surface area (Å²) >= 11 is 6.06. The van der Waals surface area contributed by atoms with E-state index in [1.54, 1.807) is 48.5 Å². The van der Waals surface area contributed by atoms with Crippen molar-refractivity contribution in [2.24, 2.45) is 0 Å². The molecule has 0 saturated carbocycles. The molecule has 4 rings (SSSR count). The lowest BCUT2D eigenvalue weighted by Gasteiger charge is -2.25. The SMILES string of the molecule is CC(C)(C)c1ccc(N2C(=O)C(=O)/C(=C(\O)c3cccc(Cl)c3)C2c2ccco2)cc1. The Morgan fingerprint density at radius 2 is 1.74 bits per heavy atom. The number of aliphatic hydroxyl groups is 1. The summed E-state index contributed by atoms with van der Waals surface area (Å²) in [5, 5.41) is 11.4. The second kappa shape index (κ2) is 7.75. The molecule has 0 spiro atoms.